The van der Waals surface area contributed by atoms with Crippen molar-refractivity contribution in [3.05, 3.63) is 24.0 Å². The molecule has 1 aromatic rings. The van der Waals surface area contributed by atoms with Gasteiger partial charge in [0.05, 0.1) is 5.60 Å². The van der Waals surface area contributed by atoms with Crippen LogP contribution in [0.5, 0.6) is 0 Å². The number of hydrogen-bond acceptors (Lipinski definition) is 4. The normalized spacial score (nSPS) is 19.1. The van der Waals surface area contributed by atoms with E-state index in [1.54, 1.807) is 0 Å². The molecular formula is C14H21FN2O3S. The number of halogens is 1. The topological polar surface area (TPSA) is 92.4 Å². The Kier molecular flexibility index (Phi) is 4.85. The molecule has 0 aliphatic heterocycles. The van der Waals surface area contributed by atoms with Gasteiger partial charge in [0.25, 0.3) is 0 Å². The first kappa shape index (κ1) is 16.2. The summed E-state index contributed by atoms with van der Waals surface area (Å²) in [4.78, 5) is -0.486. The molecule has 0 saturated heterocycles. The third kappa shape index (κ3) is 4.15. The molecule has 4 N–H and O–H groups in total. The fraction of sp³-hybridized carbons (Fsp3) is 0.571. The largest absolute Gasteiger partial charge is 0.399 e. The summed E-state index contributed by atoms with van der Waals surface area (Å²) in [5.74, 6) is -0.857. The van der Waals surface area contributed by atoms with Crippen molar-refractivity contribution in [2.75, 3.05) is 12.3 Å². The Labute approximate surface area is 124 Å². The van der Waals surface area contributed by atoms with E-state index in [1.165, 1.54) is 6.07 Å². The Morgan fingerprint density at radius 1 is 1.24 bits per heavy atom. The molecule has 0 spiro atoms. The average molecular weight is 316 g/mol. The van der Waals surface area contributed by atoms with Crippen molar-refractivity contribution < 1.29 is 17.9 Å². The maximum absolute atomic E-state index is 13.7. The van der Waals surface area contributed by atoms with Crippen molar-refractivity contribution in [2.45, 2.75) is 49.0 Å². The summed E-state index contributed by atoms with van der Waals surface area (Å²) in [6.45, 7) is -0.108. The lowest BCUT2D eigenvalue weighted by molar-refractivity contribution is 0.0303. The van der Waals surface area contributed by atoms with Crippen LogP contribution in [0.2, 0.25) is 0 Å². The van der Waals surface area contributed by atoms with E-state index in [9.17, 15) is 17.9 Å². The Balaban J connectivity index is 2.12. The summed E-state index contributed by atoms with van der Waals surface area (Å²) >= 11 is 0. The monoisotopic (exact) mass is 316 g/mol. The van der Waals surface area contributed by atoms with Crippen molar-refractivity contribution in [2.24, 2.45) is 0 Å². The number of benzene rings is 1. The summed E-state index contributed by atoms with van der Waals surface area (Å²) in [6, 6.07) is 3.40. The minimum absolute atomic E-state index is 0.108. The van der Waals surface area contributed by atoms with Gasteiger partial charge in [0, 0.05) is 12.2 Å². The van der Waals surface area contributed by atoms with Gasteiger partial charge in [-0.1, -0.05) is 25.7 Å². The van der Waals surface area contributed by atoms with Crippen LogP contribution >= 0.6 is 0 Å². The van der Waals surface area contributed by atoms with Crippen molar-refractivity contribution in [1.82, 2.24) is 4.72 Å². The first-order valence-corrected chi connectivity index (χ1v) is 8.58. The zero-order valence-corrected chi connectivity index (χ0v) is 12.6. The summed E-state index contributed by atoms with van der Waals surface area (Å²) in [7, 11) is -4.03. The van der Waals surface area contributed by atoms with Crippen molar-refractivity contribution >= 4 is 15.7 Å². The van der Waals surface area contributed by atoms with Crippen LogP contribution < -0.4 is 10.5 Å². The zero-order valence-electron chi connectivity index (χ0n) is 11.8. The standard InChI is InChI=1S/C14H21FN2O3S/c15-12-6-5-11(16)9-13(12)21(19,20)17-10-14(18)7-3-1-2-4-8-14/h5-6,9,17-18H,1-4,7-8,10,16H2. The SMILES string of the molecule is Nc1ccc(F)c(S(=O)(=O)NCC2(O)CCCCCC2)c1. The molecule has 5 nitrogen and oxygen atoms in total. The minimum atomic E-state index is -4.03. The van der Waals surface area contributed by atoms with Crippen LogP contribution in [0.15, 0.2) is 23.1 Å². The zero-order chi connectivity index (χ0) is 15.5. The molecule has 2 rings (SSSR count). The van der Waals surface area contributed by atoms with E-state index >= 15 is 0 Å². The van der Waals surface area contributed by atoms with Gasteiger partial charge in [-0.15, -0.1) is 0 Å². The fourth-order valence-electron chi connectivity index (χ4n) is 2.60. The van der Waals surface area contributed by atoms with E-state index < -0.39 is 26.3 Å². The Hall–Kier alpha value is -1.18. The van der Waals surface area contributed by atoms with E-state index in [2.05, 4.69) is 4.72 Å². The van der Waals surface area contributed by atoms with Gasteiger partial charge in [-0.2, -0.15) is 0 Å². The summed E-state index contributed by atoms with van der Waals surface area (Å²) < 4.78 is 40.3. The second-order valence-corrected chi connectivity index (χ2v) is 7.39. The van der Waals surface area contributed by atoms with Gasteiger partial charge in [-0.25, -0.2) is 17.5 Å². The first-order valence-electron chi connectivity index (χ1n) is 7.10. The van der Waals surface area contributed by atoms with Crippen LogP contribution in [0.1, 0.15) is 38.5 Å². The highest BCUT2D eigenvalue weighted by Gasteiger charge is 2.30. The van der Waals surface area contributed by atoms with Crippen molar-refractivity contribution in [1.29, 1.82) is 0 Å². The number of sulfonamides is 1. The van der Waals surface area contributed by atoms with Crippen LogP contribution in [-0.4, -0.2) is 25.7 Å². The second kappa shape index (κ2) is 6.29. The minimum Gasteiger partial charge on any atom is -0.399 e. The first-order chi connectivity index (χ1) is 9.82. The smallest absolute Gasteiger partial charge is 0.243 e. The summed E-state index contributed by atoms with van der Waals surface area (Å²) in [6.07, 6.45) is 4.91. The number of nitrogen functional groups attached to an aromatic ring is 1. The van der Waals surface area contributed by atoms with Gasteiger partial charge in [-0.3, -0.25) is 0 Å². The van der Waals surface area contributed by atoms with Gasteiger partial charge in [0.1, 0.15) is 10.7 Å². The number of anilines is 1. The Morgan fingerprint density at radius 2 is 1.86 bits per heavy atom. The van der Waals surface area contributed by atoms with E-state index in [0.717, 1.165) is 37.8 Å². The van der Waals surface area contributed by atoms with Crippen LogP contribution in [0.25, 0.3) is 0 Å². The molecule has 1 saturated carbocycles. The molecule has 1 fully saturated rings. The van der Waals surface area contributed by atoms with Gasteiger partial charge in [-0.05, 0) is 31.0 Å². The van der Waals surface area contributed by atoms with Crippen molar-refractivity contribution in [3.8, 4) is 0 Å². The number of aliphatic hydroxyl groups is 1. The molecule has 0 unspecified atom stereocenters. The number of rotatable bonds is 4. The summed E-state index contributed by atoms with van der Waals surface area (Å²) in [5.41, 5.74) is 4.62. The highest BCUT2D eigenvalue weighted by atomic mass is 32.2. The molecule has 0 amide bonds. The van der Waals surface area contributed by atoms with E-state index in [1.807, 2.05) is 0 Å². The average Bonchev–Trinajstić information content (AvgIpc) is 2.65. The lowest BCUT2D eigenvalue weighted by Crippen LogP contribution is -2.42. The molecular weight excluding hydrogens is 295 g/mol. The quantitative estimate of drug-likeness (QED) is 0.583. The molecule has 1 aliphatic carbocycles. The lowest BCUT2D eigenvalue weighted by atomic mass is 9.95. The molecule has 21 heavy (non-hydrogen) atoms. The molecule has 0 heterocycles. The Bertz CT molecular complexity index is 596. The van der Waals surface area contributed by atoms with Crippen LogP contribution in [-0.2, 0) is 10.0 Å². The fourth-order valence-corrected chi connectivity index (χ4v) is 3.83. The number of nitrogens with one attached hydrogen (secondary N) is 1. The van der Waals surface area contributed by atoms with E-state index in [-0.39, 0.29) is 12.2 Å². The third-order valence-corrected chi connectivity index (χ3v) is 5.29. The highest BCUT2D eigenvalue weighted by molar-refractivity contribution is 7.89. The molecule has 0 radical (unpaired) electrons. The van der Waals surface area contributed by atoms with Gasteiger partial charge in [0.15, 0.2) is 0 Å². The van der Waals surface area contributed by atoms with E-state index in [4.69, 9.17) is 5.73 Å². The third-order valence-electron chi connectivity index (χ3n) is 3.87. The van der Waals surface area contributed by atoms with E-state index in [0.29, 0.717) is 12.8 Å². The predicted molar refractivity (Wildman–Crippen MR) is 78.7 cm³/mol. The van der Waals surface area contributed by atoms with Crippen molar-refractivity contribution in [3.63, 3.8) is 0 Å². The van der Waals surface area contributed by atoms with Gasteiger partial charge >= 0.3 is 0 Å². The molecule has 7 heteroatoms. The molecule has 0 atom stereocenters. The Morgan fingerprint density at radius 3 is 2.48 bits per heavy atom. The van der Waals surface area contributed by atoms with Gasteiger partial charge < -0.3 is 10.8 Å². The molecule has 0 aromatic heterocycles. The number of nitrogens with two attached hydrogens (primary N) is 1. The molecule has 1 aromatic carbocycles. The lowest BCUT2D eigenvalue weighted by Gasteiger charge is -2.26. The van der Waals surface area contributed by atoms with Crippen LogP contribution in [0.3, 0.4) is 0 Å². The molecule has 1 aliphatic rings. The second-order valence-electron chi connectivity index (χ2n) is 5.65. The van der Waals surface area contributed by atoms with Crippen LogP contribution in [0.4, 0.5) is 10.1 Å². The van der Waals surface area contributed by atoms with Crippen LogP contribution in [0, 0.1) is 5.82 Å². The molecule has 118 valence electrons. The highest BCUT2D eigenvalue weighted by Crippen LogP contribution is 2.27. The maximum atomic E-state index is 13.7. The summed E-state index contributed by atoms with van der Waals surface area (Å²) in [5, 5.41) is 10.4. The maximum Gasteiger partial charge on any atom is 0.243 e. The molecule has 0 bridgehead atoms. The predicted octanol–water partition coefficient (Wildman–Crippen LogP) is 1.77. The number of hydrogen-bond donors (Lipinski definition) is 3. The van der Waals surface area contributed by atoms with Gasteiger partial charge in [0.2, 0.25) is 10.0 Å².